The van der Waals surface area contributed by atoms with Gasteiger partial charge in [-0.1, -0.05) is 0 Å². The second-order valence-electron chi connectivity index (χ2n) is 3.62. The van der Waals surface area contributed by atoms with E-state index < -0.39 is 0 Å². The van der Waals surface area contributed by atoms with Gasteiger partial charge < -0.3 is 10.4 Å². The van der Waals surface area contributed by atoms with Crippen LogP contribution in [-0.4, -0.2) is 42.8 Å². The third-order valence-corrected chi connectivity index (χ3v) is 4.68. The zero-order chi connectivity index (χ0) is 10.7. The second-order valence-corrected chi connectivity index (χ2v) is 5.42. The van der Waals surface area contributed by atoms with Gasteiger partial charge in [0, 0.05) is 35.5 Å². The van der Waals surface area contributed by atoms with Crippen LogP contribution in [0.25, 0.3) is 0 Å². The molecule has 0 amide bonds. The molecule has 1 atom stereocenters. The van der Waals surface area contributed by atoms with E-state index in [1.807, 2.05) is 6.07 Å². The van der Waals surface area contributed by atoms with E-state index in [2.05, 4.69) is 31.5 Å². The van der Waals surface area contributed by atoms with Crippen LogP contribution < -0.4 is 5.32 Å². The highest BCUT2D eigenvalue weighted by Gasteiger charge is 2.23. The summed E-state index contributed by atoms with van der Waals surface area (Å²) in [6.45, 7) is 4.24. The van der Waals surface area contributed by atoms with Crippen molar-refractivity contribution in [2.24, 2.45) is 0 Å². The Morgan fingerprint density at radius 2 is 2.27 bits per heavy atom. The summed E-state index contributed by atoms with van der Waals surface area (Å²) in [7, 11) is 0. The van der Waals surface area contributed by atoms with Crippen LogP contribution in [0.3, 0.4) is 0 Å². The molecule has 1 aliphatic rings. The molecule has 3 nitrogen and oxygen atoms in total. The minimum atomic E-state index is 0.154. The first-order chi connectivity index (χ1) is 7.33. The van der Waals surface area contributed by atoms with Gasteiger partial charge in [-0.15, -0.1) is 11.3 Å². The Morgan fingerprint density at radius 1 is 1.53 bits per heavy atom. The number of nitrogens with one attached hydrogen (secondary N) is 1. The van der Waals surface area contributed by atoms with Gasteiger partial charge in [0.1, 0.15) is 0 Å². The molecule has 0 radical (unpaired) electrons. The SMILES string of the molecule is OCC(c1sccc1Br)N1CCNCC1. The molecule has 2 N–H and O–H groups in total. The van der Waals surface area contributed by atoms with Crippen molar-refractivity contribution in [1.29, 1.82) is 0 Å². The molecule has 0 saturated carbocycles. The van der Waals surface area contributed by atoms with Crippen LogP contribution in [0.2, 0.25) is 0 Å². The first kappa shape index (κ1) is 11.5. The molecule has 0 bridgehead atoms. The highest BCUT2D eigenvalue weighted by Crippen LogP contribution is 2.32. The summed E-state index contributed by atoms with van der Waals surface area (Å²) < 4.78 is 1.12. The Hall–Kier alpha value is 0.0600. The van der Waals surface area contributed by atoms with Crippen molar-refractivity contribution in [1.82, 2.24) is 10.2 Å². The molecular formula is C10H15BrN2OS. The van der Waals surface area contributed by atoms with Crippen molar-refractivity contribution in [2.75, 3.05) is 32.8 Å². The first-order valence-electron chi connectivity index (χ1n) is 5.11. The quantitative estimate of drug-likeness (QED) is 0.885. The average molecular weight is 291 g/mol. The largest absolute Gasteiger partial charge is 0.394 e. The van der Waals surface area contributed by atoms with Crippen LogP contribution in [0.4, 0.5) is 0 Å². The van der Waals surface area contributed by atoms with Gasteiger partial charge in [0.05, 0.1) is 12.6 Å². The summed E-state index contributed by atoms with van der Waals surface area (Å²) >= 11 is 5.24. The number of nitrogens with zero attached hydrogens (tertiary/aromatic N) is 1. The molecule has 0 aliphatic carbocycles. The topological polar surface area (TPSA) is 35.5 Å². The molecule has 1 unspecified atom stereocenters. The van der Waals surface area contributed by atoms with Crippen molar-refractivity contribution < 1.29 is 5.11 Å². The van der Waals surface area contributed by atoms with Crippen LogP contribution in [-0.2, 0) is 0 Å². The zero-order valence-corrected chi connectivity index (χ0v) is 10.9. The minimum absolute atomic E-state index is 0.154. The average Bonchev–Trinajstić information content (AvgIpc) is 2.68. The predicted octanol–water partition coefficient (Wildman–Crippen LogP) is 1.45. The zero-order valence-electron chi connectivity index (χ0n) is 8.45. The Balaban J connectivity index is 2.12. The molecule has 5 heteroatoms. The molecule has 15 heavy (non-hydrogen) atoms. The summed E-state index contributed by atoms with van der Waals surface area (Å²) in [6.07, 6.45) is 0. The van der Waals surface area contributed by atoms with Gasteiger partial charge in [-0.25, -0.2) is 0 Å². The molecule has 1 aliphatic heterocycles. The van der Waals surface area contributed by atoms with Crippen LogP contribution in [0.15, 0.2) is 15.9 Å². The van der Waals surface area contributed by atoms with Gasteiger partial charge in [0.15, 0.2) is 0 Å². The fourth-order valence-corrected chi connectivity index (χ4v) is 3.67. The number of aliphatic hydroxyl groups excluding tert-OH is 1. The van der Waals surface area contributed by atoms with E-state index >= 15 is 0 Å². The van der Waals surface area contributed by atoms with E-state index in [1.54, 1.807) is 11.3 Å². The number of hydrogen-bond acceptors (Lipinski definition) is 4. The van der Waals surface area contributed by atoms with Gasteiger partial charge in [-0.05, 0) is 27.4 Å². The summed E-state index contributed by atoms with van der Waals surface area (Å²) in [5.41, 5.74) is 0. The van der Waals surface area contributed by atoms with E-state index in [0.717, 1.165) is 30.7 Å². The Kier molecular flexibility index (Phi) is 4.16. The van der Waals surface area contributed by atoms with Gasteiger partial charge >= 0.3 is 0 Å². The van der Waals surface area contributed by atoms with Crippen LogP contribution >= 0.6 is 27.3 Å². The van der Waals surface area contributed by atoms with E-state index in [1.165, 1.54) is 4.88 Å². The van der Waals surface area contributed by atoms with E-state index in [-0.39, 0.29) is 12.6 Å². The van der Waals surface area contributed by atoms with Crippen LogP contribution in [0.5, 0.6) is 0 Å². The van der Waals surface area contributed by atoms with Crippen LogP contribution in [0.1, 0.15) is 10.9 Å². The van der Waals surface area contributed by atoms with Gasteiger partial charge in [0.25, 0.3) is 0 Å². The standard InChI is InChI=1S/C10H15BrN2OS/c11-8-1-6-15-10(8)9(7-14)13-4-2-12-3-5-13/h1,6,9,12,14H,2-5,7H2. The van der Waals surface area contributed by atoms with Crippen LogP contribution in [0, 0.1) is 0 Å². The third-order valence-electron chi connectivity index (χ3n) is 2.71. The molecule has 1 fully saturated rings. The molecular weight excluding hydrogens is 276 g/mol. The third kappa shape index (κ3) is 2.60. The number of rotatable bonds is 3. The van der Waals surface area contributed by atoms with Crippen molar-refractivity contribution in [3.63, 3.8) is 0 Å². The number of halogens is 1. The fourth-order valence-electron chi connectivity index (χ4n) is 1.90. The summed E-state index contributed by atoms with van der Waals surface area (Å²) in [4.78, 5) is 3.58. The number of thiophene rings is 1. The highest BCUT2D eigenvalue weighted by molar-refractivity contribution is 9.10. The smallest absolute Gasteiger partial charge is 0.0687 e. The Morgan fingerprint density at radius 3 is 2.80 bits per heavy atom. The maximum absolute atomic E-state index is 9.50. The predicted molar refractivity (Wildman–Crippen MR) is 66.3 cm³/mol. The fraction of sp³-hybridized carbons (Fsp3) is 0.600. The monoisotopic (exact) mass is 290 g/mol. The molecule has 0 aromatic carbocycles. The van der Waals surface area contributed by atoms with E-state index in [4.69, 9.17) is 0 Å². The lowest BCUT2D eigenvalue weighted by molar-refractivity contribution is 0.112. The lowest BCUT2D eigenvalue weighted by atomic mass is 10.2. The van der Waals surface area contributed by atoms with Gasteiger partial charge in [-0.2, -0.15) is 0 Å². The maximum atomic E-state index is 9.50. The number of hydrogen-bond donors (Lipinski definition) is 2. The van der Waals surface area contributed by atoms with Crippen molar-refractivity contribution in [3.05, 3.63) is 20.8 Å². The van der Waals surface area contributed by atoms with E-state index in [9.17, 15) is 5.11 Å². The maximum Gasteiger partial charge on any atom is 0.0687 e. The molecule has 2 heterocycles. The lowest BCUT2D eigenvalue weighted by Crippen LogP contribution is -2.45. The molecule has 2 rings (SSSR count). The van der Waals surface area contributed by atoms with Crippen molar-refractivity contribution >= 4 is 27.3 Å². The van der Waals surface area contributed by atoms with Gasteiger partial charge in [-0.3, -0.25) is 4.90 Å². The normalized spacial score (nSPS) is 20.4. The highest BCUT2D eigenvalue weighted by atomic mass is 79.9. The second kappa shape index (κ2) is 5.41. The molecule has 1 aromatic heterocycles. The molecule has 1 saturated heterocycles. The van der Waals surface area contributed by atoms with Crippen molar-refractivity contribution in [3.8, 4) is 0 Å². The summed E-state index contributed by atoms with van der Waals surface area (Å²) in [5.74, 6) is 0. The number of piperazine rings is 1. The Labute approximate surface area is 102 Å². The molecule has 84 valence electrons. The molecule has 0 spiro atoms. The first-order valence-corrected chi connectivity index (χ1v) is 6.78. The summed E-state index contributed by atoms with van der Waals surface area (Å²) in [5, 5.41) is 14.9. The minimum Gasteiger partial charge on any atom is -0.394 e. The van der Waals surface area contributed by atoms with E-state index in [0.29, 0.717) is 0 Å². The summed E-state index contributed by atoms with van der Waals surface area (Å²) in [6, 6.07) is 2.20. The van der Waals surface area contributed by atoms with Crippen molar-refractivity contribution in [2.45, 2.75) is 6.04 Å². The number of aliphatic hydroxyl groups is 1. The van der Waals surface area contributed by atoms with Gasteiger partial charge in [0.2, 0.25) is 0 Å². The Bertz CT molecular complexity index is 312. The lowest BCUT2D eigenvalue weighted by Gasteiger charge is -2.33. The molecule has 1 aromatic rings.